The number of ether oxygens (including phenoxy) is 1. The number of amides is 1. The first kappa shape index (κ1) is 25.8. The Kier molecular flexibility index (Phi) is 10.5. The third-order valence-electron chi connectivity index (χ3n) is 6.20. The first-order valence-corrected chi connectivity index (χ1v) is 13.0. The first-order valence-electron chi connectivity index (χ1n) is 13.0. The number of hydrogen-bond acceptors (Lipinski definition) is 3. The van der Waals surface area contributed by atoms with Gasteiger partial charge in [-0.2, -0.15) is 0 Å². The van der Waals surface area contributed by atoms with Crippen molar-refractivity contribution in [3.05, 3.63) is 59.9 Å². The predicted molar refractivity (Wildman–Crippen MR) is 140 cm³/mol. The van der Waals surface area contributed by atoms with Crippen molar-refractivity contribution in [2.75, 3.05) is 13.2 Å². The Morgan fingerprint density at radius 3 is 2.56 bits per heavy atom. The molecule has 0 saturated heterocycles. The Hall–Kier alpha value is -2.82. The van der Waals surface area contributed by atoms with Crippen LogP contribution in [0.5, 0.6) is 5.75 Å². The first-order chi connectivity index (χ1) is 16.6. The number of carbonyl (C=O) groups excluding carboxylic acids is 1. The second kappa shape index (κ2) is 13.8. The quantitative estimate of drug-likeness (QED) is 0.257. The molecule has 5 nitrogen and oxygen atoms in total. The van der Waals surface area contributed by atoms with Crippen molar-refractivity contribution in [1.29, 1.82) is 0 Å². The second-order valence-electron chi connectivity index (χ2n) is 9.36. The van der Waals surface area contributed by atoms with Gasteiger partial charge in [0.25, 0.3) is 0 Å². The summed E-state index contributed by atoms with van der Waals surface area (Å²) in [5, 5.41) is 3.00. The molecule has 0 radical (unpaired) electrons. The van der Waals surface area contributed by atoms with Crippen LogP contribution in [0.3, 0.4) is 0 Å². The minimum absolute atomic E-state index is 0.167. The number of nitrogens with one attached hydrogen (secondary N) is 1. The van der Waals surface area contributed by atoms with Gasteiger partial charge in [-0.25, -0.2) is 4.98 Å². The zero-order valence-corrected chi connectivity index (χ0v) is 21.2. The van der Waals surface area contributed by atoms with Crippen LogP contribution in [0.4, 0.5) is 0 Å². The van der Waals surface area contributed by atoms with Gasteiger partial charge in [0.1, 0.15) is 11.6 Å². The van der Waals surface area contributed by atoms with Gasteiger partial charge in [-0.15, -0.1) is 0 Å². The topological polar surface area (TPSA) is 56.2 Å². The van der Waals surface area contributed by atoms with Crippen LogP contribution in [-0.4, -0.2) is 28.6 Å². The molecule has 0 bridgehead atoms. The fraction of sp³-hybridized carbons (Fsp3) is 0.517. The van der Waals surface area contributed by atoms with E-state index in [4.69, 9.17) is 9.72 Å². The van der Waals surface area contributed by atoms with Gasteiger partial charge in [0.2, 0.25) is 5.91 Å². The van der Waals surface area contributed by atoms with E-state index in [0.717, 1.165) is 75.9 Å². The van der Waals surface area contributed by atoms with Gasteiger partial charge in [0.05, 0.1) is 17.6 Å². The fourth-order valence-corrected chi connectivity index (χ4v) is 4.20. The van der Waals surface area contributed by atoms with Gasteiger partial charge in [0.15, 0.2) is 0 Å². The molecule has 5 heteroatoms. The number of aryl methyl sites for hydroxylation is 2. The molecule has 0 aliphatic heterocycles. The molecular formula is C29H41N3O2. The van der Waals surface area contributed by atoms with Crippen LogP contribution in [-0.2, 0) is 17.8 Å². The molecule has 34 heavy (non-hydrogen) atoms. The minimum Gasteiger partial charge on any atom is -0.494 e. The number of unbranched alkanes of at least 4 members (excludes halogenated alkanes) is 3. The number of carbonyl (C=O) groups is 1. The minimum atomic E-state index is 0.167. The lowest BCUT2D eigenvalue weighted by atomic mass is 10.0. The average Bonchev–Trinajstić information content (AvgIpc) is 3.19. The third kappa shape index (κ3) is 7.89. The van der Waals surface area contributed by atoms with Crippen LogP contribution in [0.25, 0.3) is 11.0 Å². The van der Waals surface area contributed by atoms with Gasteiger partial charge in [-0.3, -0.25) is 4.79 Å². The molecule has 3 rings (SSSR count). The van der Waals surface area contributed by atoms with Crippen LogP contribution < -0.4 is 10.1 Å². The van der Waals surface area contributed by atoms with Crippen molar-refractivity contribution >= 4 is 16.9 Å². The number of aromatic nitrogens is 2. The summed E-state index contributed by atoms with van der Waals surface area (Å²) < 4.78 is 8.34. The zero-order chi connectivity index (χ0) is 24.2. The van der Waals surface area contributed by atoms with E-state index < -0.39 is 0 Å². The molecule has 2 aromatic carbocycles. The van der Waals surface area contributed by atoms with Crippen LogP contribution in [0, 0.1) is 0 Å². The molecule has 0 fully saturated rings. The summed E-state index contributed by atoms with van der Waals surface area (Å²) in [6.07, 6.45) is 7.76. The number of para-hydroxylation sites is 2. The van der Waals surface area contributed by atoms with Crippen molar-refractivity contribution in [3.8, 4) is 5.75 Å². The molecule has 1 N–H and O–H groups in total. The number of benzene rings is 2. The number of hydrogen-bond donors (Lipinski definition) is 1. The SMILES string of the molecule is CCCC(=O)NCCCCCc1nc2ccccc2n1CCCCOc1ccc(C(C)C)cc1. The fourth-order valence-electron chi connectivity index (χ4n) is 4.20. The summed E-state index contributed by atoms with van der Waals surface area (Å²) >= 11 is 0. The van der Waals surface area contributed by atoms with Gasteiger partial charge in [-0.1, -0.05) is 51.5 Å². The lowest BCUT2D eigenvalue weighted by Gasteiger charge is -2.11. The molecule has 0 aliphatic carbocycles. The number of fused-ring (bicyclic) bond motifs is 1. The van der Waals surface area contributed by atoms with Gasteiger partial charge in [-0.05, 0) is 67.9 Å². The van der Waals surface area contributed by atoms with E-state index in [1.165, 1.54) is 16.9 Å². The number of nitrogens with zero attached hydrogens (tertiary/aromatic N) is 2. The smallest absolute Gasteiger partial charge is 0.219 e. The maximum absolute atomic E-state index is 11.6. The Balaban J connectivity index is 1.44. The highest BCUT2D eigenvalue weighted by Crippen LogP contribution is 2.20. The van der Waals surface area contributed by atoms with Crippen LogP contribution >= 0.6 is 0 Å². The average molecular weight is 464 g/mol. The second-order valence-corrected chi connectivity index (χ2v) is 9.36. The molecule has 0 unspecified atom stereocenters. The van der Waals surface area contributed by atoms with Crippen LogP contribution in [0.15, 0.2) is 48.5 Å². The molecule has 1 amide bonds. The van der Waals surface area contributed by atoms with Crippen molar-refractivity contribution in [1.82, 2.24) is 14.9 Å². The Morgan fingerprint density at radius 1 is 1.00 bits per heavy atom. The summed E-state index contributed by atoms with van der Waals surface area (Å²) in [6, 6.07) is 16.9. The Morgan fingerprint density at radius 2 is 1.79 bits per heavy atom. The van der Waals surface area contributed by atoms with E-state index in [1.54, 1.807) is 0 Å². The lowest BCUT2D eigenvalue weighted by molar-refractivity contribution is -0.121. The molecule has 184 valence electrons. The maximum atomic E-state index is 11.6. The summed E-state index contributed by atoms with van der Waals surface area (Å²) in [6.45, 7) is 8.90. The van der Waals surface area contributed by atoms with E-state index in [-0.39, 0.29) is 5.91 Å². The van der Waals surface area contributed by atoms with E-state index >= 15 is 0 Å². The molecule has 1 aromatic heterocycles. The molecule has 0 aliphatic rings. The summed E-state index contributed by atoms with van der Waals surface area (Å²) in [5.74, 6) is 2.83. The molecule has 0 saturated carbocycles. The van der Waals surface area contributed by atoms with E-state index in [0.29, 0.717) is 12.3 Å². The predicted octanol–water partition coefficient (Wildman–Crippen LogP) is 6.65. The van der Waals surface area contributed by atoms with E-state index in [9.17, 15) is 4.79 Å². The monoisotopic (exact) mass is 463 g/mol. The molecule has 3 aromatic rings. The van der Waals surface area contributed by atoms with Gasteiger partial charge in [0, 0.05) is 25.9 Å². The Labute approximate surface area is 204 Å². The molecule has 1 heterocycles. The van der Waals surface area contributed by atoms with E-state index in [2.05, 4.69) is 72.3 Å². The van der Waals surface area contributed by atoms with Crippen molar-refractivity contribution in [3.63, 3.8) is 0 Å². The maximum Gasteiger partial charge on any atom is 0.219 e. The van der Waals surface area contributed by atoms with Crippen LogP contribution in [0.1, 0.15) is 83.0 Å². The van der Waals surface area contributed by atoms with Gasteiger partial charge >= 0.3 is 0 Å². The van der Waals surface area contributed by atoms with Crippen molar-refractivity contribution in [2.24, 2.45) is 0 Å². The van der Waals surface area contributed by atoms with Gasteiger partial charge < -0.3 is 14.6 Å². The van der Waals surface area contributed by atoms with Crippen molar-refractivity contribution in [2.45, 2.75) is 84.6 Å². The standard InChI is InChI=1S/C29H41N3O2/c1-4-12-29(33)30-20-9-5-6-15-28-31-26-13-7-8-14-27(26)32(28)21-10-11-22-34-25-18-16-24(17-19-25)23(2)3/h7-8,13-14,16-19,23H,4-6,9-12,15,20-22H2,1-3H3,(H,30,33). The number of rotatable bonds is 15. The molecular weight excluding hydrogens is 422 g/mol. The Bertz CT molecular complexity index is 1010. The van der Waals surface area contributed by atoms with Crippen molar-refractivity contribution < 1.29 is 9.53 Å². The molecule has 0 spiro atoms. The lowest BCUT2D eigenvalue weighted by Crippen LogP contribution is -2.23. The normalized spacial score (nSPS) is 11.3. The van der Waals surface area contributed by atoms with Crippen LogP contribution in [0.2, 0.25) is 0 Å². The molecule has 0 atom stereocenters. The summed E-state index contributed by atoms with van der Waals surface area (Å²) in [5.41, 5.74) is 3.63. The van der Waals surface area contributed by atoms with E-state index in [1.807, 2.05) is 6.92 Å². The third-order valence-corrected chi connectivity index (χ3v) is 6.20. The highest BCUT2D eigenvalue weighted by molar-refractivity contribution is 5.76. The highest BCUT2D eigenvalue weighted by atomic mass is 16.5. The highest BCUT2D eigenvalue weighted by Gasteiger charge is 2.10. The zero-order valence-electron chi connectivity index (χ0n) is 21.2. The summed E-state index contributed by atoms with van der Waals surface area (Å²) in [4.78, 5) is 16.5. The largest absolute Gasteiger partial charge is 0.494 e. The number of imidazole rings is 1. The summed E-state index contributed by atoms with van der Waals surface area (Å²) in [7, 11) is 0.